The second kappa shape index (κ2) is 6.89. The van der Waals surface area contributed by atoms with Gasteiger partial charge in [-0.2, -0.15) is 0 Å². The van der Waals surface area contributed by atoms with Gasteiger partial charge in [0.1, 0.15) is 0 Å². The van der Waals surface area contributed by atoms with Crippen LogP contribution < -0.4 is 4.90 Å². The normalized spacial score (nSPS) is 22.0. The number of non-ortho nitro benzene ring substituents is 1. The van der Waals surface area contributed by atoms with Gasteiger partial charge in [-0.05, 0) is 37.7 Å². The summed E-state index contributed by atoms with van der Waals surface area (Å²) in [6.45, 7) is 2.07. The molecule has 1 N–H and O–H groups in total. The fraction of sp³-hybridized carbons (Fsp3) is 0.625. The van der Waals surface area contributed by atoms with Crippen LogP contribution in [0, 0.1) is 16.0 Å². The summed E-state index contributed by atoms with van der Waals surface area (Å²) >= 11 is 0. The molecular weight excluding hydrogens is 268 g/mol. The molecule has 2 rings (SSSR count). The lowest BCUT2D eigenvalue weighted by Gasteiger charge is -2.36. The maximum atomic E-state index is 10.8. The molecule has 1 saturated carbocycles. The van der Waals surface area contributed by atoms with E-state index < -0.39 is 4.92 Å². The second-order valence-corrected chi connectivity index (χ2v) is 5.92. The third-order valence-electron chi connectivity index (χ3n) is 4.77. The standard InChI is InChI=1S/C16H24N2O3/c1-3-12-4-6-14(7-5-12)17(2)16-9-8-15(18(20)21)10-13(16)11-19/h8-10,12,14,19H,3-7,11H2,1-2H3. The lowest BCUT2D eigenvalue weighted by atomic mass is 9.84. The number of nitro groups is 1. The Morgan fingerprint density at radius 3 is 2.52 bits per heavy atom. The van der Waals surface area contributed by atoms with Crippen molar-refractivity contribution in [2.75, 3.05) is 11.9 Å². The minimum Gasteiger partial charge on any atom is -0.392 e. The minimum absolute atomic E-state index is 0.0332. The van der Waals surface area contributed by atoms with Crippen molar-refractivity contribution in [2.24, 2.45) is 5.92 Å². The molecule has 1 aromatic carbocycles. The molecule has 0 bridgehead atoms. The fourth-order valence-corrected chi connectivity index (χ4v) is 3.29. The van der Waals surface area contributed by atoms with Gasteiger partial charge in [0.25, 0.3) is 5.69 Å². The van der Waals surface area contributed by atoms with E-state index in [1.165, 1.54) is 31.4 Å². The Morgan fingerprint density at radius 1 is 1.33 bits per heavy atom. The summed E-state index contributed by atoms with van der Waals surface area (Å²) in [6, 6.07) is 5.21. The molecule has 0 aromatic heterocycles. The second-order valence-electron chi connectivity index (χ2n) is 5.92. The van der Waals surface area contributed by atoms with Crippen LogP contribution in [0.5, 0.6) is 0 Å². The average molecular weight is 292 g/mol. The fourth-order valence-electron chi connectivity index (χ4n) is 3.29. The molecule has 1 fully saturated rings. The Labute approximate surface area is 125 Å². The number of anilines is 1. The topological polar surface area (TPSA) is 66.6 Å². The van der Waals surface area contributed by atoms with E-state index in [1.807, 2.05) is 7.05 Å². The third kappa shape index (κ3) is 3.53. The zero-order chi connectivity index (χ0) is 15.4. The molecule has 0 unspecified atom stereocenters. The average Bonchev–Trinajstić information content (AvgIpc) is 2.53. The number of nitrogens with zero attached hydrogens (tertiary/aromatic N) is 2. The lowest BCUT2D eigenvalue weighted by molar-refractivity contribution is -0.384. The summed E-state index contributed by atoms with van der Waals surface area (Å²) in [5.74, 6) is 0.837. The molecule has 1 aliphatic carbocycles. The van der Waals surface area contributed by atoms with E-state index in [1.54, 1.807) is 6.07 Å². The maximum absolute atomic E-state index is 10.8. The molecule has 116 valence electrons. The highest BCUT2D eigenvalue weighted by atomic mass is 16.6. The SMILES string of the molecule is CCC1CCC(N(C)c2ccc([N+](=O)[O-])cc2CO)CC1. The number of aliphatic hydroxyl groups excluding tert-OH is 1. The first-order valence-electron chi connectivity index (χ1n) is 7.67. The van der Waals surface area contributed by atoms with Gasteiger partial charge < -0.3 is 10.0 Å². The number of benzene rings is 1. The summed E-state index contributed by atoms with van der Waals surface area (Å²) in [7, 11) is 2.03. The van der Waals surface area contributed by atoms with Gasteiger partial charge in [0.15, 0.2) is 0 Å². The molecule has 0 amide bonds. The van der Waals surface area contributed by atoms with E-state index in [0.29, 0.717) is 11.6 Å². The van der Waals surface area contributed by atoms with Crippen molar-refractivity contribution < 1.29 is 10.0 Å². The molecule has 0 radical (unpaired) electrons. The maximum Gasteiger partial charge on any atom is 0.269 e. The summed E-state index contributed by atoms with van der Waals surface area (Å²) in [4.78, 5) is 12.6. The van der Waals surface area contributed by atoms with E-state index in [4.69, 9.17) is 0 Å². The van der Waals surface area contributed by atoms with Crippen LogP contribution in [0.3, 0.4) is 0 Å². The minimum atomic E-state index is -0.421. The number of rotatable bonds is 5. The molecule has 5 nitrogen and oxygen atoms in total. The van der Waals surface area contributed by atoms with Crippen molar-refractivity contribution in [3.8, 4) is 0 Å². The molecule has 0 aliphatic heterocycles. The van der Waals surface area contributed by atoms with E-state index in [2.05, 4.69) is 11.8 Å². The third-order valence-corrected chi connectivity index (χ3v) is 4.77. The highest BCUT2D eigenvalue weighted by Crippen LogP contribution is 2.33. The molecule has 0 atom stereocenters. The van der Waals surface area contributed by atoms with Crippen LogP contribution >= 0.6 is 0 Å². The summed E-state index contributed by atoms with van der Waals surface area (Å²) in [5.41, 5.74) is 1.57. The number of hydrogen-bond donors (Lipinski definition) is 1. The number of nitro benzene ring substituents is 1. The molecule has 5 heteroatoms. The van der Waals surface area contributed by atoms with Crippen molar-refractivity contribution in [3.63, 3.8) is 0 Å². The highest BCUT2D eigenvalue weighted by molar-refractivity contribution is 5.58. The van der Waals surface area contributed by atoms with Gasteiger partial charge in [-0.3, -0.25) is 10.1 Å². The van der Waals surface area contributed by atoms with E-state index in [0.717, 1.165) is 24.4 Å². The Hall–Kier alpha value is -1.62. The summed E-state index contributed by atoms with van der Waals surface area (Å²) < 4.78 is 0. The molecule has 21 heavy (non-hydrogen) atoms. The molecule has 1 aliphatic rings. The van der Waals surface area contributed by atoms with Crippen molar-refractivity contribution in [2.45, 2.75) is 51.7 Å². The Morgan fingerprint density at radius 2 is 2.00 bits per heavy atom. The lowest BCUT2D eigenvalue weighted by Crippen LogP contribution is -2.35. The van der Waals surface area contributed by atoms with Gasteiger partial charge >= 0.3 is 0 Å². The predicted octanol–water partition coefficient (Wildman–Crippen LogP) is 3.49. The van der Waals surface area contributed by atoms with Crippen molar-refractivity contribution >= 4 is 11.4 Å². The van der Waals surface area contributed by atoms with Gasteiger partial charge in [-0.25, -0.2) is 0 Å². The van der Waals surface area contributed by atoms with Crippen LogP contribution in [0.4, 0.5) is 11.4 Å². The van der Waals surface area contributed by atoms with Crippen molar-refractivity contribution in [3.05, 3.63) is 33.9 Å². The summed E-state index contributed by atoms with van der Waals surface area (Å²) in [5, 5.41) is 20.3. The highest BCUT2D eigenvalue weighted by Gasteiger charge is 2.24. The molecule has 0 spiro atoms. The smallest absolute Gasteiger partial charge is 0.269 e. The Balaban J connectivity index is 2.15. The Bertz CT molecular complexity index is 496. The van der Waals surface area contributed by atoms with Crippen LogP contribution in [0.25, 0.3) is 0 Å². The van der Waals surface area contributed by atoms with Crippen LogP contribution in [-0.4, -0.2) is 23.1 Å². The van der Waals surface area contributed by atoms with Gasteiger partial charge in [0.2, 0.25) is 0 Å². The first-order chi connectivity index (χ1) is 10.1. The van der Waals surface area contributed by atoms with Crippen molar-refractivity contribution in [1.29, 1.82) is 0 Å². The first kappa shape index (κ1) is 15.8. The zero-order valence-corrected chi connectivity index (χ0v) is 12.8. The van der Waals surface area contributed by atoms with Crippen LogP contribution in [0.15, 0.2) is 18.2 Å². The van der Waals surface area contributed by atoms with Gasteiger partial charge in [-0.1, -0.05) is 13.3 Å². The quantitative estimate of drug-likeness (QED) is 0.666. The van der Waals surface area contributed by atoms with Crippen molar-refractivity contribution in [1.82, 2.24) is 0 Å². The summed E-state index contributed by atoms with van der Waals surface area (Å²) in [6.07, 6.45) is 6.03. The number of hydrogen-bond acceptors (Lipinski definition) is 4. The Kier molecular flexibility index (Phi) is 5.17. The largest absolute Gasteiger partial charge is 0.392 e. The van der Waals surface area contributed by atoms with Gasteiger partial charge in [0.05, 0.1) is 11.5 Å². The van der Waals surface area contributed by atoms with Crippen LogP contribution in [0.1, 0.15) is 44.6 Å². The van der Waals surface area contributed by atoms with Crippen LogP contribution in [0.2, 0.25) is 0 Å². The van der Waals surface area contributed by atoms with E-state index in [9.17, 15) is 15.2 Å². The number of aliphatic hydroxyl groups is 1. The van der Waals surface area contributed by atoms with Gasteiger partial charge in [-0.15, -0.1) is 0 Å². The molecule has 0 heterocycles. The molecule has 0 saturated heterocycles. The van der Waals surface area contributed by atoms with E-state index in [-0.39, 0.29) is 12.3 Å². The van der Waals surface area contributed by atoms with E-state index >= 15 is 0 Å². The zero-order valence-electron chi connectivity index (χ0n) is 12.8. The van der Waals surface area contributed by atoms with Gasteiger partial charge in [0, 0.05) is 36.5 Å². The molecule has 1 aromatic rings. The molecular formula is C16H24N2O3. The first-order valence-corrected chi connectivity index (χ1v) is 7.67. The predicted molar refractivity (Wildman–Crippen MR) is 83.5 cm³/mol. The monoisotopic (exact) mass is 292 g/mol. The van der Waals surface area contributed by atoms with Crippen LogP contribution in [-0.2, 0) is 6.61 Å².